The van der Waals surface area contributed by atoms with Crippen molar-refractivity contribution >= 4 is 50.9 Å². The van der Waals surface area contributed by atoms with Gasteiger partial charge in [0.05, 0.1) is 5.92 Å². The molecule has 0 unspecified atom stereocenters. The molecule has 1 aliphatic rings. The molecule has 0 aromatic heterocycles. The number of halogens is 1. The lowest BCUT2D eigenvalue weighted by Crippen LogP contribution is -2.28. The van der Waals surface area contributed by atoms with Gasteiger partial charge in [0.2, 0.25) is 5.91 Å². The molecule has 1 atom stereocenters. The number of ketones is 1. The van der Waals surface area contributed by atoms with E-state index in [1.54, 1.807) is 36.4 Å². The third-order valence-electron chi connectivity index (χ3n) is 4.50. The van der Waals surface area contributed by atoms with Gasteiger partial charge in [-0.3, -0.25) is 19.2 Å². The van der Waals surface area contributed by atoms with E-state index in [0.29, 0.717) is 16.9 Å². The molecular formula is C21H19BrN2O5. The number of hydrogen-bond donors (Lipinski definition) is 1. The largest absolute Gasteiger partial charge is 0.455 e. The molecule has 8 heteroatoms. The second-order valence-corrected chi connectivity index (χ2v) is 7.59. The molecule has 29 heavy (non-hydrogen) atoms. The van der Waals surface area contributed by atoms with Crippen LogP contribution in [0, 0.1) is 5.92 Å². The maximum atomic E-state index is 12.3. The van der Waals surface area contributed by atoms with Crippen molar-refractivity contribution in [3.63, 3.8) is 0 Å². The summed E-state index contributed by atoms with van der Waals surface area (Å²) in [5.41, 5.74) is 1.62. The van der Waals surface area contributed by atoms with Gasteiger partial charge < -0.3 is 15.0 Å². The summed E-state index contributed by atoms with van der Waals surface area (Å²) in [5.74, 6) is -2.02. The Morgan fingerprint density at radius 2 is 1.90 bits per heavy atom. The van der Waals surface area contributed by atoms with Crippen LogP contribution in [0.5, 0.6) is 0 Å². The quantitative estimate of drug-likeness (QED) is 0.529. The van der Waals surface area contributed by atoms with Gasteiger partial charge in [0, 0.05) is 34.4 Å². The molecule has 2 aromatic carbocycles. The fraction of sp³-hybridized carbons (Fsp3) is 0.238. The highest BCUT2D eigenvalue weighted by molar-refractivity contribution is 9.10. The van der Waals surface area contributed by atoms with E-state index in [4.69, 9.17) is 4.74 Å². The molecule has 1 heterocycles. The number of carbonyl (C=O) groups is 4. The van der Waals surface area contributed by atoms with Crippen molar-refractivity contribution in [1.29, 1.82) is 0 Å². The summed E-state index contributed by atoms with van der Waals surface area (Å²) in [4.78, 5) is 49.5. The minimum Gasteiger partial charge on any atom is -0.455 e. The van der Waals surface area contributed by atoms with Gasteiger partial charge in [0.15, 0.2) is 12.4 Å². The minimum absolute atomic E-state index is 0.0389. The number of esters is 1. The summed E-state index contributed by atoms with van der Waals surface area (Å²) in [6, 6.07) is 13.7. The van der Waals surface area contributed by atoms with E-state index in [1.807, 2.05) is 12.1 Å². The number of amides is 2. The molecule has 7 nitrogen and oxygen atoms in total. The Hall–Kier alpha value is -3.00. The zero-order valence-corrected chi connectivity index (χ0v) is 17.3. The standard InChI is InChI=1S/C21H19BrN2O5/c1-13(25)14-3-2-4-17(9-14)23-19(26)12-29-21(28)15-10-20(27)24(11-15)18-7-5-16(22)6-8-18/h2-9,15H,10-12H2,1H3,(H,23,26)/t15-/m0/s1. The summed E-state index contributed by atoms with van der Waals surface area (Å²) in [5, 5.41) is 2.58. The third kappa shape index (κ3) is 5.29. The SMILES string of the molecule is CC(=O)c1cccc(NC(=O)COC(=O)[C@H]2CC(=O)N(c3ccc(Br)cc3)C2)c1. The number of hydrogen-bond acceptors (Lipinski definition) is 5. The number of nitrogens with one attached hydrogen (secondary N) is 1. The van der Waals surface area contributed by atoms with E-state index in [0.717, 1.165) is 4.47 Å². The van der Waals surface area contributed by atoms with Gasteiger partial charge >= 0.3 is 5.97 Å². The van der Waals surface area contributed by atoms with Gasteiger partial charge in [-0.2, -0.15) is 0 Å². The number of benzene rings is 2. The number of Topliss-reactive ketones (excluding diaryl/α,β-unsaturated/α-hetero) is 1. The lowest BCUT2D eigenvalue weighted by Gasteiger charge is -2.16. The Bertz CT molecular complexity index is 958. The molecule has 1 N–H and O–H groups in total. The van der Waals surface area contributed by atoms with E-state index >= 15 is 0 Å². The number of carbonyl (C=O) groups excluding carboxylic acids is 4. The van der Waals surface area contributed by atoms with Gasteiger partial charge in [-0.25, -0.2) is 0 Å². The minimum atomic E-state index is -0.625. The summed E-state index contributed by atoms with van der Waals surface area (Å²) >= 11 is 3.34. The van der Waals surface area contributed by atoms with Crippen molar-refractivity contribution in [3.05, 3.63) is 58.6 Å². The van der Waals surface area contributed by atoms with E-state index in [1.165, 1.54) is 11.8 Å². The predicted octanol–water partition coefficient (Wildman–Crippen LogP) is 3.19. The first-order chi connectivity index (χ1) is 13.8. The number of ether oxygens (including phenoxy) is 1. The van der Waals surface area contributed by atoms with Gasteiger partial charge in [-0.15, -0.1) is 0 Å². The van der Waals surface area contributed by atoms with Crippen LogP contribution in [-0.2, 0) is 19.1 Å². The summed E-state index contributed by atoms with van der Waals surface area (Å²) in [7, 11) is 0. The van der Waals surface area contributed by atoms with Crippen molar-refractivity contribution in [2.24, 2.45) is 5.92 Å². The van der Waals surface area contributed by atoms with E-state index in [9.17, 15) is 19.2 Å². The average Bonchev–Trinajstić information content (AvgIpc) is 3.08. The summed E-state index contributed by atoms with van der Waals surface area (Å²) in [6.45, 7) is 1.18. The Morgan fingerprint density at radius 3 is 2.59 bits per heavy atom. The fourth-order valence-electron chi connectivity index (χ4n) is 3.00. The lowest BCUT2D eigenvalue weighted by atomic mass is 10.1. The van der Waals surface area contributed by atoms with Crippen LogP contribution in [-0.4, -0.2) is 36.7 Å². The molecule has 0 radical (unpaired) electrons. The topological polar surface area (TPSA) is 92.8 Å². The molecule has 1 aliphatic heterocycles. The molecule has 3 rings (SSSR count). The molecule has 0 saturated carbocycles. The monoisotopic (exact) mass is 458 g/mol. The first-order valence-electron chi connectivity index (χ1n) is 8.97. The van der Waals surface area contributed by atoms with Crippen LogP contribution >= 0.6 is 15.9 Å². The van der Waals surface area contributed by atoms with Gasteiger partial charge in [-0.1, -0.05) is 28.1 Å². The van der Waals surface area contributed by atoms with Crippen molar-refractivity contribution in [2.45, 2.75) is 13.3 Å². The molecule has 0 bridgehead atoms. The molecule has 0 spiro atoms. The predicted molar refractivity (Wildman–Crippen MR) is 111 cm³/mol. The Kier molecular flexibility index (Phi) is 6.43. The Morgan fingerprint density at radius 1 is 1.17 bits per heavy atom. The smallest absolute Gasteiger partial charge is 0.311 e. The van der Waals surface area contributed by atoms with Gasteiger partial charge in [0.1, 0.15) is 0 Å². The highest BCUT2D eigenvalue weighted by atomic mass is 79.9. The third-order valence-corrected chi connectivity index (χ3v) is 5.02. The molecule has 150 valence electrons. The van der Waals surface area contributed by atoms with Crippen LogP contribution in [0.4, 0.5) is 11.4 Å². The van der Waals surface area contributed by atoms with E-state index in [2.05, 4.69) is 21.2 Å². The number of rotatable bonds is 6. The lowest BCUT2D eigenvalue weighted by molar-refractivity contribution is -0.151. The highest BCUT2D eigenvalue weighted by Gasteiger charge is 2.36. The van der Waals surface area contributed by atoms with E-state index in [-0.39, 0.29) is 24.7 Å². The second-order valence-electron chi connectivity index (χ2n) is 6.67. The van der Waals surface area contributed by atoms with E-state index < -0.39 is 24.4 Å². The summed E-state index contributed by atoms with van der Waals surface area (Å²) < 4.78 is 5.98. The average molecular weight is 459 g/mol. The Balaban J connectivity index is 1.52. The summed E-state index contributed by atoms with van der Waals surface area (Å²) in [6.07, 6.45) is 0.0389. The first kappa shape index (κ1) is 20.7. The van der Waals surface area contributed by atoms with Crippen molar-refractivity contribution in [1.82, 2.24) is 0 Å². The van der Waals surface area contributed by atoms with Crippen LogP contribution in [0.1, 0.15) is 23.7 Å². The van der Waals surface area contributed by atoms with Crippen molar-refractivity contribution in [2.75, 3.05) is 23.4 Å². The zero-order valence-electron chi connectivity index (χ0n) is 15.7. The number of nitrogens with zero attached hydrogens (tertiary/aromatic N) is 1. The highest BCUT2D eigenvalue weighted by Crippen LogP contribution is 2.27. The molecule has 1 saturated heterocycles. The van der Waals surface area contributed by atoms with Crippen LogP contribution in [0.3, 0.4) is 0 Å². The molecule has 2 amide bonds. The maximum Gasteiger partial charge on any atom is 0.311 e. The normalized spacial score (nSPS) is 15.9. The fourth-order valence-corrected chi connectivity index (χ4v) is 3.27. The first-order valence-corrected chi connectivity index (χ1v) is 9.76. The van der Waals surface area contributed by atoms with Crippen molar-refractivity contribution in [3.8, 4) is 0 Å². The number of anilines is 2. The van der Waals surface area contributed by atoms with Crippen LogP contribution in [0.2, 0.25) is 0 Å². The molecule has 2 aromatic rings. The zero-order chi connectivity index (χ0) is 21.0. The second kappa shape index (κ2) is 9.00. The van der Waals surface area contributed by atoms with Crippen LogP contribution in [0.15, 0.2) is 53.0 Å². The molecule has 0 aliphatic carbocycles. The van der Waals surface area contributed by atoms with Crippen molar-refractivity contribution < 1.29 is 23.9 Å². The van der Waals surface area contributed by atoms with Crippen LogP contribution in [0.25, 0.3) is 0 Å². The Labute approximate surface area is 176 Å². The van der Waals surface area contributed by atoms with Crippen LogP contribution < -0.4 is 10.2 Å². The maximum absolute atomic E-state index is 12.3. The molecular weight excluding hydrogens is 440 g/mol. The molecule has 1 fully saturated rings. The van der Waals surface area contributed by atoms with Gasteiger partial charge in [0.25, 0.3) is 5.91 Å². The van der Waals surface area contributed by atoms with Gasteiger partial charge in [-0.05, 0) is 43.3 Å².